The molecule has 9 heteroatoms. The number of nitrogens with one attached hydrogen (secondary N) is 1. The van der Waals surface area contributed by atoms with Gasteiger partial charge in [-0.3, -0.25) is 0 Å². The SMILES string of the molecule is Cc1cc(Nc2cc(C)c(F)cn2)nc(-c2cn(CC(C)(O)C(C)(C)O)nn2)c1. The van der Waals surface area contributed by atoms with Gasteiger partial charge in [-0.1, -0.05) is 5.21 Å². The zero-order chi connectivity index (χ0) is 21.4. The van der Waals surface area contributed by atoms with Crippen LogP contribution in [-0.2, 0) is 6.54 Å². The summed E-state index contributed by atoms with van der Waals surface area (Å²) in [6.07, 6.45) is 2.82. The summed E-state index contributed by atoms with van der Waals surface area (Å²) >= 11 is 0. The molecule has 0 saturated carbocycles. The Morgan fingerprint density at radius 1 is 1.07 bits per heavy atom. The lowest BCUT2D eigenvalue weighted by Gasteiger charge is -2.35. The summed E-state index contributed by atoms with van der Waals surface area (Å²) in [5.41, 5.74) is -0.173. The van der Waals surface area contributed by atoms with Crippen molar-refractivity contribution in [3.05, 3.63) is 47.5 Å². The average Bonchev–Trinajstić information content (AvgIpc) is 3.04. The Bertz CT molecular complexity index is 1030. The third-order valence-electron chi connectivity index (χ3n) is 4.86. The van der Waals surface area contributed by atoms with Crippen molar-refractivity contribution in [2.45, 2.75) is 52.4 Å². The van der Waals surface area contributed by atoms with Crippen LogP contribution in [0, 0.1) is 19.7 Å². The zero-order valence-electron chi connectivity index (χ0n) is 17.1. The number of aryl methyl sites for hydroxylation is 2. The monoisotopic (exact) mass is 400 g/mol. The number of anilines is 2. The molecule has 3 heterocycles. The van der Waals surface area contributed by atoms with Crippen molar-refractivity contribution in [3.8, 4) is 11.4 Å². The molecule has 1 atom stereocenters. The molecule has 0 aliphatic carbocycles. The van der Waals surface area contributed by atoms with E-state index in [0.717, 1.165) is 11.8 Å². The number of halogens is 1. The van der Waals surface area contributed by atoms with Gasteiger partial charge in [0.05, 0.1) is 30.2 Å². The normalized spacial score (nSPS) is 13.9. The second-order valence-corrected chi connectivity index (χ2v) is 7.99. The Hall–Kier alpha value is -2.91. The van der Waals surface area contributed by atoms with Gasteiger partial charge in [-0.15, -0.1) is 5.10 Å². The van der Waals surface area contributed by atoms with Gasteiger partial charge in [0.2, 0.25) is 0 Å². The molecule has 0 amide bonds. The molecular formula is C20H25FN6O2. The molecule has 154 valence electrons. The lowest BCUT2D eigenvalue weighted by molar-refractivity contribution is -0.129. The largest absolute Gasteiger partial charge is 0.387 e. The van der Waals surface area contributed by atoms with E-state index >= 15 is 0 Å². The van der Waals surface area contributed by atoms with Crippen LogP contribution >= 0.6 is 0 Å². The van der Waals surface area contributed by atoms with E-state index in [2.05, 4.69) is 25.6 Å². The fourth-order valence-electron chi connectivity index (χ4n) is 2.60. The molecular weight excluding hydrogens is 375 g/mol. The summed E-state index contributed by atoms with van der Waals surface area (Å²) in [4.78, 5) is 8.56. The van der Waals surface area contributed by atoms with Crippen LogP contribution in [-0.4, -0.2) is 46.4 Å². The fourth-order valence-corrected chi connectivity index (χ4v) is 2.60. The van der Waals surface area contributed by atoms with Crippen molar-refractivity contribution in [2.24, 2.45) is 0 Å². The second kappa shape index (κ2) is 7.49. The predicted octanol–water partition coefficient (Wildman–Crippen LogP) is 2.76. The molecule has 0 aromatic carbocycles. The minimum Gasteiger partial charge on any atom is -0.387 e. The van der Waals surface area contributed by atoms with Crippen LogP contribution in [0.25, 0.3) is 11.4 Å². The lowest BCUT2D eigenvalue weighted by Crippen LogP contribution is -2.50. The van der Waals surface area contributed by atoms with Gasteiger partial charge in [-0.2, -0.15) is 0 Å². The number of nitrogens with zero attached hydrogens (tertiary/aromatic N) is 5. The van der Waals surface area contributed by atoms with E-state index < -0.39 is 11.2 Å². The Morgan fingerprint density at radius 3 is 2.45 bits per heavy atom. The third kappa shape index (κ3) is 4.75. The maximum Gasteiger partial charge on any atom is 0.144 e. The van der Waals surface area contributed by atoms with E-state index in [1.54, 1.807) is 26.1 Å². The summed E-state index contributed by atoms with van der Waals surface area (Å²) in [6, 6.07) is 5.30. The first-order chi connectivity index (χ1) is 13.4. The molecule has 0 saturated heterocycles. The Labute approximate surface area is 168 Å². The summed E-state index contributed by atoms with van der Waals surface area (Å²) in [5.74, 6) is 0.654. The van der Waals surface area contributed by atoms with Gasteiger partial charge in [-0.05, 0) is 63.9 Å². The van der Waals surface area contributed by atoms with Crippen LogP contribution in [0.15, 0.2) is 30.6 Å². The van der Waals surface area contributed by atoms with Crippen molar-refractivity contribution >= 4 is 11.6 Å². The summed E-state index contributed by atoms with van der Waals surface area (Å²) in [5, 5.41) is 31.8. The molecule has 0 aliphatic heterocycles. The molecule has 8 nitrogen and oxygen atoms in total. The topological polar surface area (TPSA) is 109 Å². The van der Waals surface area contributed by atoms with Crippen molar-refractivity contribution in [1.29, 1.82) is 0 Å². The number of aromatic nitrogens is 5. The summed E-state index contributed by atoms with van der Waals surface area (Å²) in [7, 11) is 0. The smallest absolute Gasteiger partial charge is 0.144 e. The highest BCUT2D eigenvalue weighted by Gasteiger charge is 2.38. The van der Waals surface area contributed by atoms with Gasteiger partial charge >= 0.3 is 0 Å². The minimum atomic E-state index is -1.39. The second-order valence-electron chi connectivity index (χ2n) is 7.99. The first kappa shape index (κ1) is 20.8. The molecule has 3 N–H and O–H groups in total. The lowest BCUT2D eigenvalue weighted by atomic mass is 9.88. The Kier molecular flexibility index (Phi) is 5.38. The Morgan fingerprint density at radius 2 is 1.79 bits per heavy atom. The van der Waals surface area contributed by atoms with Crippen molar-refractivity contribution in [2.75, 3.05) is 5.32 Å². The highest BCUT2D eigenvalue weighted by molar-refractivity contribution is 5.61. The standard InChI is InChI=1S/C20H25FN6O2/c1-12-6-15(16-10-27(26-25-16)11-20(5,29)19(3,4)28)23-18(7-12)24-17-8-13(2)14(21)9-22-17/h6-10,28-29H,11H2,1-5H3,(H,22,23,24). The third-order valence-corrected chi connectivity index (χ3v) is 4.86. The molecule has 0 spiro atoms. The number of hydrogen-bond acceptors (Lipinski definition) is 7. The fraction of sp³-hybridized carbons (Fsp3) is 0.400. The van der Waals surface area contributed by atoms with Gasteiger partial charge in [0.1, 0.15) is 28.7 Å². The van der Waals surface area contributed by atoms with Crippen LogP contribution in [0.2, 0.25) is 0 Å². The average molecular weight is 400 g/mol. The van der Waals surface area contributed by atoms with Crippen LogP contribution < -0.4 is 5.32 Å². The quantitative estimate of drug-likeness (QED) is 0.584. The first-order valence-electron chi connectivity index (χ1n) is 9.18. The molecule has 29 heavy (non-hydrogen) atoms. The zero-order valence-corrected chi connectivity index (χ0v) is 17.1. The van der Waals surface area contributed by atoms with E-state index in [1.165, 1.54) is 18.5 Å². The number of aliphatic hydroxyl groups is 2. The van der Waals surface area contributed by atoms with Crippen molar-refractivity contribution in [3.63, 3.8) is 0 Å². The van der Waals surface area contributed by atoms with E-state index in [-0.39, 0.29) is 12.4 Å². The molecule has 3 aromatic rings. The van der Waals surface area contributed by atoms with Gasteiger partial charge in [-0.25, -0.2) is 19.0 Å². The maximum atomic E-state index is 13.4. The van der Waals surface area contributed by atoms with E-state index in [1.807, 2.05) is 19.1 Å². The van der Waals surface area contributed by atoms with E-state index in [4.69, 9.17) is 0 Å². The van der Waals surface area contributed by atoms with Crippen molar-refractivity contribution in [1.82, 2.24) is 25.0 Å². The van der Waals surface area contributed by atoms with Crippen LogP contribution in [0.1, 0.15) is 31.9 Å². The minimum absolute atomic E-state index is 0.0686. The Balaban J connectivity index is 1.85. The van der Waals surface area contributed by atoms with E-state index in [0.29, 0.717) is 28.6 Å². The highest BCUT2D eigenvalue weighted by atomic mass is 19.1. The van der Waals surface area contributed by atoms with Gasteiger partial charge in [0.25, 0.3) is 0 Å². The molecule has 0 bridgehead atoms. The predicted molar refractivity (Wildman–Crippen MR) is 107 cm³/mol. The van der Waals surface area contributed by atoms with Crippen LogP contribution in [0.3, 0.4) is 0 Å². The number of hydrogen-bond donors (Lipinski definition) is 3. The van der Waals surface area contributed by atoms with Gasteiger partial charge < -0.3 is 15.5 Å². The molecule has 0 fully saturated rings. The molecule has 0 aliphatic rings. The summed E-state index contributed by atoms with van der Waals surface area (Å²) < 4.78 is 14.9. The van der Waals surface area contributed by atoms with E-state index in [9.17, 15) is 14.6 Å². The number of pyridine rings is 2. The van der Waals surface area contributed by atoms with Crippen molar-refractivity contribution < 1.29 is 14.6 Å². The molecule has 0 radical (unpaired) electrons. The van der Waals surface area contributed by atoms with Gasteiger partial charge in [0.15, 0.2) is 0 Å². The molecule has 1 unspecified atom stereocenters. The molecule has 3 rings (SSSR count). The number of rotatable bonds is 6. The van der Waals surface area contributed by atoms with Gasteiger partial charge in [0, 0.05) is 0 Å². The summed E-state index contributed by atoms with van der Waals surface area (Å²) in [6.45, 7) is 8.27. The molecule has 3 aromatic heterocycles. The maximum absolute atomic E-state index is 13.4. The van der Waals surface area contributed by atoms with Crippen LogP contribution in [0.4, 0.5) is 16.0 Å². The first-order valence-corrected chi connectivity index (χ1v) is 9.18. The highest BCUT2D eigenvalue weighted by Crippen LogP contribution is 2.25. The van der Waals surface area contributed by atoms with Crippen LogP contribution in [0.5, 0.6) is 0 Å².